The second-order valence-corrected chi connectivity index (χ2v) is 4.58. The van der Waals surface area contributed by atoms with E-state index in [0.29, 0.717) is 12.1 Å². The summed E-state index contributed by atoms with van der Waals surface area (Å²) in [5.74, 6) is 0.593. The molecule has 1 amide bonds. The number of anilines is 1. The van der Waals surface area contributed by atoms with Crippen LogP contribution in [0.25, 0.3) is 0 Å². The van der Waals surface area contributed by atoms with Crippen LogP contribution in [0, 0.1) is 6.92 Å². The molecular weight excluding hydrogens is 254 g/mol. The lowest BCUT2D eigenvalue weighted by Crippen LogP contribution is -2.23. The van der Waals surface area contributed by atoms with Gasteiger partial charge in [-0.2, -0.15) is 5.10 Å². The molecule has 0 aliphatic rings. The molecule has 2 aromatic rings. The zero-order chi connectivity index (χ0) is 14.5. The number of pyridine rings is 1. The van der Waals surface area contributed by atoms with Crippen LogP contribution < -0.4 is 10.6 Å². The van der Waals surface area contributed by atoms with Crippen molar-refractivity contribution in [3.8, 4) is 0 Å². The third kappa shape index (κ3) is 3.57. The Bertz CT molecular complexity index is 605. The van der Waals surface area contributed by atoms with Gasteiger partial charge in [0.15, 0.2) is 0 Å². The average Bonchev–Trinajstić information content (AvgIpc) is 2.81. The van der Waals surface area contributed by atoms with Crippen LogP contribution in [0.15, 0.2) is 24.4 Å². The van der Waals surface area contributed by atoms with Gasteiger partial charge in [0, 0.05) is 31.0 Å². The molecule has 2 heterocycles. The Balaban J connectivity index is 2.04. The van der Waals surface area contributed by atoms with Gasteiger partial charge in [0.1, 0.15) is 5.82 Å². The minimum atomic E-state index is -0.125. The van der Waals surface area contributed by atoms with E-state index in [1.54, 1.807) is 16.8 Å². The predicted octanol–water partition coefficient (Wildman–Crippen LogP) is 1.49. The van der Waals surface area contributed by atoms with E-state index < -0.39 is 0 Å². The van der Waals surface area contributed by atoms with Gasteiger partial charge in [-0.25, -0.2) is 4.98 Å². The van der Waals surface area contributed by atoms with E-state index in [1.165, 1.54) is 0 Å². The van der Waals surface area contributed by atoms with Crippen molar-refractivity contribution >= 4 is 11.7 Å². The second-order valence-electron chi connectivity index (χ2n) is 4.58. The number of aryl methyl sites for hydroxylation is 2. The predicted molar refractivity (Wildman–Crippen MR) is 77.5 cm³/mol. The quantitative estimate of drug-likeness (QED) is 0.865. The second kappa shape index (κ2) is 6.18. The normalized spacial score (nSPS) is 10.3. The molecule has 0 spiro atoms. The molecule has 0 saturated heterocycles. The van der Waals surface area contributed by atoms with Crippen LogP contribution >= 0.6 is 0 Å². The van der Waals surface area contributed by atoms with Crippen molar-refractivity contribution in [1.82, 2.24) is 20.1 Å². The minimum absolute atomic E-state index is 0.125. The summed E-state index contributed by atoms with van der Waals surface area (Å²) in [5, 5.41) is 10.2. The summed E-state index contributed by atoms with van der Waals surface area (Å²) in [6.07, 6.45) is 1.85. The molecule has 0 bridgehead atoms. The monoisotopic (exact) mass is 273 g/mol. The number of carbonyl (C=O) groups is 1. The first kappa shape index (κ1) is 14.0. The van der Waals surface area contributed by atoms with Gasteiger partial charge in [-0.05, 0) is 32.0 Å². The SMILES string of the molecule is CCNc1cc(C(=O)NCc2ccn(C)n2)cc(C)n1. The number of carbonyl (C=O) groups excluding carboxylic acids is 1. The third-order valence-corrected chi connectivity index (χ3v) is 2.77. The first-order valence-electron chi connectivity index (χ1n) is 6.57. The summed E-state index contributed by atoms with van der Waals surface area (Å²) in [5.41, 5.74) is 2.24. The van der Waals surface area contributed by atoms with Crippen molar-refractivity contribution in [2.24, 2.45) is 7.05 Å². The third-order valence-electron chi connectivity index (χ3n) is 2.77. The van der Waals surface area contributed by atoms with E-state index in [0.717, 1.165) is 23.8 Å². The van der Waals surface area contributed by atoms with Crippen molar-refractivity contribution in [2.75, 3.05) is 11.9 Å². The molecule has 2 N–H and O–H groups in total. The van der Waals surface area contributed by atoms with Gasteiger partial charge in [0.25, 0.3) is 5.91 Å². The Hall–Kier alpha value is -2.37. The van der Waals surface area contributed by atoms with Crippen molar-refractivity contribution in [3.63, 3.8) is 0 Å². The lowest BCUT2D eigenvalue weighted by atomic mass is 10.2. The topological polar surface area (TPSA) is 71.8 Å². The van der Waals surface area contributed by atoms with Gasteiger partial charge in [-0.15, -0.1) is 0 Å². The summed E-state index contributed by atoms with van der Waals surface area (Å²) in [6.45, 7) is 5.05. The van der Waals surface area contributed by atoms with Gasteiger partial charge in [0.2, 0.25) is 0 Å². The van der Waals surface area contributed by atoms with Crippen LogP contribution in [0.4, 0.5) is 5.82 Å². The fourth-order valence-electron chi connectivity index (χ4n) is 1.90. The molecule has 0 aliphatic heterocycles. The number of nitrogens with zero attached hydrogens (tertiary/aromatic N) is 3. The zero-order valence-corrected chi connectivity index (χ0v) is 12.0. The Morgan fingerprint density at radius 1 is 1.40 bits per heavy atom. The van der Waals surface area contributed by atoms with E-state index in [-0.39, 0.29) is 5.91 Å². The first-order chi connectivity index (χ1) is 9.58. The number of rotatable bonds is 5. The lowest BCUT2D eigenvalue weighted by Gasteiger charge is -2.08. The molecular formula is C14H19N5O. The highest BCUT2D eigenvalue weighted by Crippen LogP contribution is 2.10. The molecule has 6 heteroatoms. The molecule has 0 atom stereocenters. The van der Waals surface area contributed by atoms with E-state index in [9.17, 15) is 4.79 Å². The van der Waals surface area contributed by atoms with Crippen molar-refractivity contribution in [1.29, 1.82) is 0 Å². The Morgan fingerprint density at radius 3 is 2.85 bits per heavy atom. The molecule has 2 aromatic heterocycles. The summed E-state index contributed by atoms with van der Waals surface area (Å²) in [6, 6.07) is 5.40. The zero-order valence-electron chi connectivity index (χ0n) is 12.0. The molecule has 0 unspecified atom stereocenters. The Labute approximate surface area is 118 Å². The molecule has 106 valence electrons. The minimum Gasteiger partial charge on any atom is -0.370 e. The molecule has 2 rings (SSSR count). The maximum absolute atomic E-state index is 12.1. The van der Waals surface area contributed by atoms with E-state index in [4.69, 9.17) is 0 Å². The van der Waals surface area contributed by atoms with E-state index >= 15 is 0 Å². The van der Waals surface area contributed by atoms with Crippen molar-refractivity contribution in [2.45, 2.75) is 20.4 Å². The van der Waals surface area contributed by atoms with Crippen molar-refractivity contribution in [3.05, 3.63) is 41.3 Å². The molecule has 0 aliphatic carbocycles. The molecule has 0 saturated carbocycles. The van der Waals surface area contributed by atoms with Crippen LogP contribution in [0.1, 0.15) is 28.7 Å². The van der Waals surface area contributed by atoms with Gasteiger partial charge in [-0.3, -0.25) is 9.48 Å². The maximum Gasteiger partial charge on any atom is 0.251 e. The highest BCUT2D eigenvalue weighted by Gasteiger charge is 2.09. The largest absolute Gasteiger partial charge is 0.370 e. The Morgan fingerprint density at radius 2 is 2.20 bits per heavy atom. The summed E-state index contributed by atoms with van der Waals surface area (Å²) < 4.78 is 1.71. The summed E-state index contributed by atoms with van der Waals surface area (Å²) in [7, 11) is 1.85. The molecule has 0 fully saturated rings. The van der Waals surface area contributed by atoms with Gasteiger partial charge in [-0.1, -0.05) is 0 Å². The van der Waals surface area contributed by atoms with Crippen molar-refractivity contribution < 1.29 is 4.79 Å². The van der Waals surface area contributed by atoms with Crippen LogP contribution in [-0.2, 0) is 13.6 Å². The number of amides is 1. The summed E-state index contributed by atoms with van der Waals surface area (Å²) in [4.78, 5) is 16.5. The molecule has 20 heavy (non-hydrogen) atoms. The number of hydrogen-bond acceptors (Lipinski definition) is 4. The van der Waals surface area contributed by atoms with Crippen LogP contribution in [0.3, 0.4) is 0 Å². The summed E-state index contributed by atoms with van der Waals surface area (Å²) >= 11 is 0. The first-order valence-corrected chi connectivity index (χ1v) is 6.57. The highest BCUT2D eigenvalue weighted by molar-refractivity contribution is 5.94. The lowest BCUT2D eigenvalue weighted by molar-refractivity contribution is 0.0950. The Kier molecular flexibility index (Phi) is 4.34. The molecule has 0 radical (unpaired) electrons. The van der Waals surface area contributed by atoms with E-state index in [2.05, 4.69) is 20.7 Å². The number of aromatic nitrogens is 3. The molecule has 0 aromatic carbocycles. The molecule has 6 nitrogen and oxygen atoms in total. The van der Waals surface area contributed by atoms with Crippen LogP contribution in [0.2, 0.25) is 0 Å². The highest BCUT2D eigenvalue weighted by atomic mass is 16.1. The average molecular weight is 273 g/mol. The standard InChI is InChI=1S/C14H19N5O/c1-4-15-13-8-11(7-10(2)17-13)14(20)16-9-12-5-6-19(3)18-12/h5-8H,4,9H2,1-3H3,(H,15,17)(H,16,20). The van der Waals surface area contributed by atoms with Gasteiger partial charge in [0.05, 0.1) is 12.2 Å². The van der Waals surface area contributed by atoms with Gasteiger partial charge < -0.3 is 10.6 Å². The fourth-order valence-corrected chi connectivity index (χ4v) is 1.90. The maximum atomic E-state index is 12.1. The fraction of sp³-hybridized carbons (Fsp3) is 0.357. The number of hydrogen-bond donors (Lipinski definition) is 2. The van der Waals surface area contributed by atoms with E-state index in [1.807, 2.05) is 33.2 Å². The smallest absolute Gasteiger partial charge is 0.251 e. The van der Waals surface area contributed by atoms with Crippen LogP contribution in [-0.4, -0.2) is 27.2 Å². The number of nitrogens with one attached hydrogen (secondary N) is 2. The van der Waals surface area contributed by atoms with Gasteiger partial charge >= 0.3 is 0 Å². The van der Waals surface area contributed by atoms with Crippen LogP contribution in [0.5, 0.6) is 0 Å².